The second-order valence-corrected chi connectivity index (χ2v) is 6.31. The van der Waals surface area contributed by atoms with Gasteiger partial charge in [0.1, 0.15) is 5.75 Å². The fraction of sp³-hybridized carbons (Fsp3) is 0.133. The van der Waals surface area contributed by atoms with E-state index in [2.05, 4.69) is 4.99 Å². The van der Waals surface area contributed by atoms with E-state index in [0.29, 0.717) is 4.90 Å². The summed E-state index contributed by atoms with van der Waals surface area (Å²) >= 11 is 0. The van der Waals surface area contributed by atoms with Gasteiger partial charge < -0.3 is 4.74 Å². The monoisotopic (exact) mass is 289 g/mol. The van der Waals surface area contributed by atoms with Crippen LogP contribution in [-0.4, -0.2) is 28.0 Å². The molecule has 2 rings (SSSR count). The van der Waals surface area contributed by atoms with Crippen LogP contribution in [0.2, 0.25) is 0 Å². The SMILES string of the molecule is COc1ccc(N=Cc2ccc(S(C)(=O)=O)cc2)cc1. The number of ether oxygens (including phenoxy) is 1. The molecule has 0 heterocycles. The Kier molecular flexibility index (Phi) is 4.20. The van der Waals surface area contributed by atoms with Gasteiger partial charge in [-0.15, -0.1) is 0 Å². The van der Waals surface area contributed by atoms with Gasteiger partial charge in [-0.25, -0.2) is 8.42 Å². The van der Waals surface area contributed by atoms with E-state index >= 15 is 0 Å². The quantitative estimate of drug-likeness (QED) is 0.813. The molecule has 0 N–H and O–H groups in total. The van der Waals surface area contributed by atoms with Crippen LogP contribution in [0.4, 0.5) is 5.69 Å². The van der Waals surface area contributed by atoms with E-state index in [1.165, 1.54) is 6.26 Å². The molecule has 0 amide bonds. The van der Waals surface area contributed by atoms with Crippen LogP contribution in [0, 0.1) is 0 Å². The first-order chi connectivity index (χ1) is 9.49. The van der Waals surface area contributed by atoms with E-state index < -0.39 is 9.84 Å². The van der Waals surface area contributed by atoms with Gasteiger partial charge in [-0.1, -0.05) is 12.1 Å². The van der Waals surface area contributed by atoms with Crippen LogP contribution >= 0.6 is 0 Å². The molecule has 5 heteroatoms. The van der Waals surface area contributed by atoms with Gasteiger partial charge in [-0.2, -0.15) is 0 Å². The number of methoxy groups -OCH3 is 1. The molecule has 0 aliphatic heterocycles. The van der Waals surface area contributed by atoms with Crippen molar-refractivity contribution in [3.8, 4) is 5.75 Å². The lowest BCUT2D eigenvalue weighted by molar-refractivity contribution is 0.415. The number of benzene rings is 2. The van der Waals surface area contributed by atoms with Crippen molar-refractivity contribution in [1.29, 1.82) is 0 Å². The molecule has 0 aromatic heterocycles. The minimum Gasteiger partial charge on any atom is -0.497 e. The molecule has 2 aromatic rings. The van der Waals surface area contributed by atoms with Crippen molar-refractivity contribution in [1.82, 2.24) is 0 Å². The lowest BCUT2D eigenvalue weighted by Gasteiger charge is -2.00. The maximum Gasteiger partial charge on any atom is 0.175 e. The average Bonchev–Trinajstić information content (AvgIpc) is 2.45. The summed E-state index contributed by atoms with van der Waals surface area (Å²) in [6.45, 7) is 0. The van der Waals surface area contributed by atoms with Crippen LogP contribution < -0.4 is 4.74 Å². The molecular weight excluding hydrogens is 274 g/mol. The molecule has 0 fully saturated rings. The maximum absolute atomic E-state index is 11.3. The van der Waals surface area contributed by atoms with Crippen LogP contribution in [0.1, 0.15) is 5.56 Å². The Morgan fingerprint density at radius 2 is 1.60 bits per heavy atom. The van der Waals surface area contributed by atoms with Crippen molar-refractivity contribution < 1.29 is 13.2 Å². The standard InChI is InChI=1S/C15H15NO3S/c1-19-14-7-5-13(6-8-14)16-11-12-3-9-15(10-4-12)20(2,17)18/h3-11H,1-2H3. The van der Waals surface area contributed by atoms with Gasteiger partial charge in [-0.3, -0.25) is 4.99 Å². The molecule has 0 saturated heterocycles. The van der Waals surface area contributed by atoms with Gasteiger partial charge in [0.2, 0.25) is 0 Å². The number of nitrogens with zero attached hydrogens (tertiary/aromatic N) is 1. The molecule has 20 heavy (non-hydrogen) atoms. The number of sulfone groups is 1. The first-order valence-electron chi connectivity index (χ1n) is 5.97. The van der Waals surface area contributed by atoms with Gasteiger partial charge in [0.15, 0.2) is 9.84 Å². The molecule has 0 saturated carbocycles. The van der Waals surface area contributed by atoms with E-state index in [1.807, 2.05) is 24.3 Å². The molecule has 104 valence electrons. The number of hydrogen-bond acceptors (Lipinski definition) is 4. The summed E-state index contributed by atoms with van der Waals surface area (Å²) in [5, 5.41) is 0. The first-order valence-corrected chi connectivity index (χ1v) is 7.86. The van der Waals surface area contributed by atoms with Crippen molar-refractivity contribution in [2.24, 2.45) is 4.99 Å². The number of rotatable bonds is 4. The molecule has 0 aliphatic carbocycles. The van der Waals surface area contributed by atoms with Gasteiger partial charge in [-0.05, 0) is 42.0 Å². The second-order valence-electron chi connectivity index (χ2n) is 4.30. The zero-order valence-electron chi connectivity index (χ0n) is 11.3. The molecule has 0 spiro atoms. The lowest BCUT2D eigenvalue weighted by Crippen LogP contribution is -1.96. The normalized spacial score (nSPS) is 11.7. The minimum absolute atomic E-state index is 0.305. The molecule has 2 aromatic carbocycles. The third-order valence-electron chi connectivity index (χ3n) is 2.74. The minimum atomic E-state index is -3.15. The Balaban J connectivity index is 2.14. The van der Waals surface area contributed by atoms with Crippen LogP contribution in [0.25, 0.3) is 0 Å². The summed E-state index contributed by atoms with van der Waals surface area (Å²) in [7, 11) is -1.54. The third kappa shape index (κ3) is 3.68. The van der Waals surface area contributed by atoms with Gasteiger partial charge >= 0.3 is 0 Å². The predicted molar refractivity (Wildman–Crippen MR) is 79.8 cm³/mol. The van der Waals surface area contributed by atoms with Crippen molar-refractivity contribution in [3.05, 3.63) is 54.1 Å². The predicted octanol–water partition coefficient (Wildman–Crippen LogP) is 2.85. The fourth-order valence-corrected chi connectivity index (χ4v) is 2.25. The highest BCUT2D eigenvalue weighted by atomic mass is 32.2. The summed E-state index contributed by atoms with van der Waals surface area (Å²) in [6.07, 6.45) is 2.88. The zero-order chi connectivity index (χ0) is 14.6. The lowest BCUT2D eigenvalue weighted by atomic mass is 10.2. The van der Waals surface area contributed by atoms with E-state index in [9.17, 15) is 8.42 Å². The summed E-state index contributed by atoms with van der Waals surface area (Å²) in [6, 6.07) is 14.0. The summed E-state index contributed by atoms with van der Waals surface area (Å²) in [5.74, 6) is 0.779. The van der Waals surface area contributed by atoms with Crippen LogP contribution in [0.15, 0.2) is 58.4 Å². The van der Waals surface area contributed by atoms with Crippen molar-refractivity contribution in [2.75, 3.05) is 13.4 Å². The Hall–Kier alpha value is -2.14. The van der Waals surface area contributed by atoms with Crippen molar-refractivity contribution >= 4 is 21.7 Å². The molecule has 0 radical (unpaired) electrons. The van der Waals surface area contributed by atoms with Crippen LogP contribution in [0.5, 0.6) is 5.75 Å². The van der Waals surface area contributed by atoms with Crippen LogP contribution in [0.3, 0.4) is 0 Å². The summed E-state index contributed by atoms with van der Waals surface area (Å²) < 4.78 is 27.7. The molecule has 0 bridgehead atoms. The first kappa shape index (κ1) is 14.3. The molecule has 0 aliphatic rings. The Morgan fingerprint density at radius 3 is 2.10 bits per heavy atom. The van der Waals surface area contributed by atoms with E-state index in [1.54, 1.807) is 37.6 Å². The van der Waals surface area contributed by atoms with E-state index in [0.717, 1.165) is 17.0 Å². The maximum atomic E-state index is 11.3. The fourth-order valence-electron chi connectivity index (χ4n) is 1.62. The largest absolute Gasteiger partial charge is 0.497 e. The number of hydrogen-bond donors (Lipinski definition) is 0. The molecule has 0 unspecified atom stereocenters. The highest BCUT2D eigenvalue weighted by molar-refractivity contribution is 7.90. The topological polar surface area (TPSA) is 55.7 Å². The Morgan fingerprint density at radius 1 is 1.00 bits per heavy atom. The third-order valence-corrected chi connectivity index (χ3v) is 3.87. The smallest absolute Gasteiger partial charge is 0.175 e. The second kappa shape index (κ2) is 5.88. The molecule has 4 nitrogen and oxygen atoms in total. The number of aliphatic imine (C=N–C) groups is 1. The Bertz CT molecular complexity index is 702. The van der Waals surface area contributed by atoms with Crippen molar-refractivity contribution in [3.63, 3.8) is 0 Å². The molecule has 0 atom stereocenters. The van der Waals surface area contributed by atoms with Gasteiger partial charge in [0.25, 0.3) is 0 Å². The van der Waals surface area contributed by atoms with Gasteiger partial charge in [0, 0.05) is 12.5 Å². The van der Waals surface area contributed by atoms with E-state index in [4.69, 9.17) is 4.74 Å². The molecular formula is C15H15NO3S. The van der Waals surface area contributed by atoms with Crippen LogP contribution in [-0.2, 0) is 9.84 Å². The van der Waals surface area contributed by atoms with Crippen molar-refractivity contribution in [2.45, 2.75) is 4.90 Å². The highest BCUT2D eigenvalue weighted by Crippen LogP contribution is 2.17. The van der Waals surface area contributed by atoms with Gasteiger partial charge in [0.05, 0.1) is 17.7 Å². The van der Waals surface area contributed by atoms with E-state index in [-0.39, 0.29) is 0 Å². The highest BCUT2D eigenvalue weighted by Gasteiger charge is 2.05. The zero-order valence-corrected chi connectivity index (χ0v) is 12.1. The summed E-state index contributed by atoms with van der Waals surface area (Å²) in [4.78, 5) is 4.62. The average molecular weight is 289 g/mol. The Labute approximate surface area is 118 Å². The summed E-state index contributed by atoms with van der Waals surface area (Å²) in [5.41, 5.74) is 1.64.